The van der Waals surface area contributed by atoms with Gasteiger partial charge >= 0.3 is 0 Å². The number of H-pyrrole nitrogens is 1. The number of benzene rings is 2. The predicted molar refractivity (Wildman–Crippen MR) is 118 cm³/mol. The molecule has 5 nitrogen and oxygen atoms in total. The van der Waals surface area contributed by atoms with E-state index in [1.54, 1.807) is 12.4 Å². The van der Waals surface area contributed by atoms with Gasteiger partial charge in [0.25, 0.3) is 0 Å². The summed E-state index contributed by atoms with van der Waals surface area (Å²) in [6, 6.07) is 20.5. The van der Waals surface area contributed by atoms with E-state index in [9.17, 15) is 0 Å². The molecule has 5 heteroatoms. The Labute approximate surface area is 169 Å². The molecule has 0 amide bonds. The maximum absolute atomic E-state index is 4.90. The Hall–Kier alpha value is -3.73. The molecule has 0 bridgehead atoms. The Morgan fingerprint density at radius 1 is 0.897 bits per heavy atom. The van der Waals surface area contributed by atoms with E-state index in [4.69, 9.17) is 9.97 Å². The first-order valence-electron chi connectivity index (χ1n) is 9.73. The van der Waals surface area contributed by atoms with Crippen LogP contribution in [0.5, 0.6) is 0 Å². The third kappa shape index (κ3) is 3.31. The van der Waals surface area contributed by atoms with Gasteiger partial charge in [0.2, 0.25) is 0 Å². The Kier molecular flexibility index (Phi) is 4.41. The lowest BCUT2D eigenvalue weighted by Crippen LogP contribution is -2.22. The summed E-state index contributed by atoms with van der Waals surface area (Å²) in [5, 5.41) is 2.34. The van der Waals surface area contributed by atoms with Gasteiger partial charge in [0, 0.05) is 54.0 Å². The maximum atomic E-state index is 4.90. The van der Waals surface area contributed by atoms with Crippen molar-refractivity contribution in [2.24, 2.45) is 0 Å². The van der Waals surface area contributed by atoms with E-state index >= 15 is 0 Å². The number of nitrogens with one attached hydrogen (secondary N) is 1. The fourth-order valence-electron chi connectivity index (χ4n) is 3.71. The van der Waals surface area contributed by atoms with E-state index in [2.05, 4.69) is 58.4 Å². The van der Waals surface area contributed by atoms with Crippen molar-refractivity contribution in [1.29, 1.82) is 0 Å². The average molecular weight is 379 g/mol. The molecule has 0 fully saturated rings. The van der Waals surface area contributed by atoms with Crippen molar-refractivity contribution >= 4 is 27.6 Å². The number of anilines is 1. The summed E-state index contributed by atoms with van der Waals surface area (Å²) >= 11 is 0. The second-order valence-electron chi connectivity index (χ2n) is 7.16. The van der Waals surface area contributed by atoms with Crippen LogP contribution in [0, 0.1) is 0 Å². The number of aromatic amines is 1. The van der Waals surface area contributed by atoms with Crippen LogP contribution in [0.2, 0.25) is 0 Å². The van der Waals surface area contributed by atoms with E-state index in [1.807, 2.05) is 30.3 Å². The van der Waals surface area contributed by atoms with E-state index in [0.29, 0.717) is 5.82 Å². The number of rotatable bonds is 5. The minimum atomic E-state index is 0.700. The van der Waals surface area contributed by atoms with Gasteiger partial charge in [-0.2, -0.15) is 0 Å². The highest BCUT2D eigenvalue weighted by Crippen LogP contribution is 2.27. The number of nitrogens with zero attached hydrogens (tertiary/aromatic N) is 4. The maximum Gasteiger partial charge on any atom is 0.163 e. The summed E-state index contributed by atoms with van der Waals surface area (Å²) < 4.78 is 0. The molecular weight excluding hydrogens is 358 g/mol. The zero-order valence-electron chi connectivity index (χ0n) is 16.2. The van der Waals surface area contributed by atoms with Crippen LogP contribution >= 0.6 is 0 Å². The first kappa shape index (κ1) is 17.4. The number of hydrogen-bond acceptors (Lipinski definition) is 4. The summed E-state index contributed by atoms with van der Waals surface area (Å²) in [6.07, 6.45) is 6.61. The Bertz CT molecular complexity index is 1280. The highest BCUT2D eigenvalue weighted by Gasteiger charge is 2.13. The van der Waals surface area contributed by atoms with Crippen LogP contribution in [-0.4, -0.2) is 33.5 Å². The lowest BCUT2D eigenvalue weighted by atomic mass is 10.1. The first-order chi connectivity index (χ1) is 14.3. The van der Waals surface area contributed by atoms with Crippen LogP contribution in [0.4, 0.5) is 5.82 Å². The lowest BCUT2D eigenvalue weighted by molar-refractivity contribution is 0.866. The van der Waals surface area contributed by atoms with Gasteiger partial charge in [-0.15, -0.1) is 0 Å². The van der Waals surface area contributed by atoms with Gasteiger partial charge in [-0.05, 0) is 42.3 Å². The largest absolute Gasteiger partial charge is 0.361 e. The molecule has 2 aromatic carbocycles. The number of likely N-dealkylation sites (N-methyl/N-ethyl adjacent to an activating group) is 1. The highest BCUT2D eigenvalue weighted by atomic mass is 15.2. The molecule has 1 N–H and O–H groups in total. The standard InChI is InChI=1S/C24H21N5/c1-29(14-12-17-16-26-21-10-4-2-8-19(17)21)24-20-9-3-5-11-22(20)27-23(28-24)18-7-6-13-25-15-18/h2-11,13,15-16,26H,12,14H2,1H3. The smallest absolute Gasteiger partial charge is 0.163 e. The van der Waals surface area contributed by atoms with Crippen molar-refractivity contribution in [2.45, 2.75) is 6.42 Å². The van der Waals surface area contributed by atoms with Crippen molar-refractivity contribution in [3.8, 4) is 11.4 Å². The van der Waals surface area contributed by atoms with E-state index in [1.165, 1.54) is 16.5 Å². The quantitative estimate of drug-likeness (QED) is 0.474. The average Bonchev–Trinajstić information content (AvgIpc) is 3.20. The van der Waals surface area contributed by atoms with E-state index in [-0.39, 0.29) is 0 Å². The van der Waals surface area contributed by atoms with Crippen LogP contribution in [0.25, 0.3) is 33.2 Å². The molecule has 5 rings (SSSR count). The summed E-state index contributed by atoms with van der Waals surface area (Å²) in [5.41, 5.74) is 4.36. The summed E-state index contributed by atoms with van der Waals surface area (Å²) in [6.45, 7) is 0.856. The fourth-order valence-corrected chi connectivity index (χ4v) is 3.71. The van der Waals surface area contributed by atoms with Crippen LogP contribution in [0.1, 0.15) is 5.56 Å². The zero-order valence-corrected chi connectivity index (χ0v) is 16.2. The van der Waals surface area contributed by atoms with Gasteiger partial charge in [0.05, 0.1) is 5.52 Å². The van der Waals surface area contributed by atoms with Crippen molar-refractivity contribution in [3.05, 3.63) is 84.8 Å². The molecule has 3 aromatic heterocycles. The number of pyridine rings is 1. The van der Waals surface area contributed by atoms with Crippen LogP contribution < -0.4 is 4.90 Å². The lowest BCUT2D eigenvalue weighted by Gasteiger charge is -2.20. The molecule has 0 radical (unpaired) electrons. The highest BCUT2D eigenvalue weighted by molar-refractivity contribution is 5.91. The van der Waals surface area contributed by atoms with Crippen molar-refractivity contribution < 1.29 is 0 Å². The SMILES string of the molecule is CN(CCc1c[nH]c2ccccc12)c1nc(-c2cccnc2)nc2ccccc12. The fraction of sp³-hybridized carbons (Fsp3) is 0.125. The van der Waals surface area contributed by atoms with E-state index in [0.717, 1.165) is 35.2 Å². The topological polar surface area (TPSA) is 57.7 Å². The Morgan fingerprint density at radius 2 is 1.72 bits per heavy atom. The number of fused-ring (bicyclic) bond motifs is 2. The van der Waals surface area contributed by atoms with Gasteiger partial charge in [-0.1, -0.05) is 30.3 Å². The second-order valence-corrected chi connectivity index (χ2v) is 7.16. The molecule has 3 heterocycles. The zero-order chi connectivity index (χ0) is 19.6. The van der Waals surface area contributed by atoms with Crippen molar-refractivity contribution in [1.82, 2.24) is 19.9 Å². The van der Waals surface area contributed by atoms with Gasteiger partial charge in [0.15, 0.2) is 5.82 Å². The van der Waals surface area contributed by atoms with Crippen molar-refractivity contribution in [2.75, 3.05) is 18.5 Å². The van der Waals surface area contributed by atoms with Crippen LogP contribution in [-0.2, 0) is 6.42 Å². The molecule has 0 aliphatic heterocycles. The van der Waals surface area contributed by atoms with Crippen LogP contribution in [0.15, 0.2) is 79.3 Å². The molecule has 0 spiro atoms. The number of para-hydroxylation sites is 2. The molecule has 29 heavy (non-hydrogen) atoms. The van der Waals surface area contributed by atoms with Gasteiger partial charge < -0.3 is 9.88 Å². The van der Waals surface area contributed by atoms with Gasteiger partial charge in [0.1, 0.15) is 5.82 Å². The molecule has 0 aliphatic rings. The van der Waals surface area contributed by atoms with Crippen LogP contribution in [0.3, 0.4) is 0 Å². The number of aromatic nitrogens is 4. The van der Waals surface area contributed by atoms with E-state index < -0.39 is 0 Å². The van der Waals surface area contributed by atoms with Gasteiger partial charge in [-0.25, -0.2) is 9.97 Å². The molecule has 0 saturated carbocycles. The molecule has 0 atom stereocenters. The third-order valence-electron chi connectivity index (χ3n) is 5.26. The summed E-state index contributed by atoms with van der Waals surface area (Å²) in [5.74, 6) is 1.64. The predicted octanol–water partition coefficient (Wildman–Crippen LogP) is 4.85. The Morgan fingerprint density at radius 3 is 2.59 bits per heavy atom. The number of hydrogen-bond donors (Lipinski definition) is 1. The summed E-state index contributed by atoms with van der Waals surface area (Å²) in [4.78, 5) is 19.4. The normalized spacial score (nSPS) is 11.2. The monoisotopic (exact) mass is 379 g/mol. The molecule has 142 valence electrons. The minimum absolute atomic E-state index is 0.700. The Balaban J connectivity index is 1.49. The molecule has 0 unspecified atom stereocenters. The molecular formula is C24H21N5. The van der Waals surface area contributed by atoms with Crippen molar-refractivity contribution in [3.63, 3.8) is 0 Å². The third-order valence-corrected chi connectivity index (χ3v) is 5.26. The van der Waals surface area contributed by atoms with Gasteiger partial charge in [-0.3, -0.25) is 4.98 Å². The molecule has 5 aromatic rings. The second kappa shape index (κ2) is 7.36. The summed E-state index contributed by atoms with van der Waals surface area (Å²) in [7, 11) is 2.09. The molecule has 0 saturated heterocycles. The molecule has 0 aliphatic carbocycles. The first-order valence-corrected chi connectivity index (χ1v) is 9.73. The minimum Gasteiger partial charge on any atom is -0.361 e.